The van der Waals surface area contributed by atoms with Gasteiger partial charge in [0, 0.05) is 12.6 Å². The van der Waals surface area contributed by atoms with Crippen molar-refractivity contribution >= 4 is 5.91 Å². The quantitative estimate of drug-likeness (QED) is 0.744. The van der Waals surface area contributed by atoms with Crippen LogP contribution in [0.1, 0.15) is 34.1 Å². The fourth-order valence-electron chi connectivity index (χ4n) is 3.17. The maximum absolute atomic E-state index is 12.1. The van der Waals surface area contributed by atoms with Crippen LogP contribution in [0, 0.1) is 10.8 Å². The van der Waals surface area contributed by atoms with E-state index in [2.05, 4.69) is 37.9 Å². The van der Waals surface area contributed by atoms with Crippen molar-refractivity contribution in [2.45, 2.75) is 46.2 Å². The van der Waals surface area contributed by atoms with Crippen molar-refractivity contribution in [1.82, 2.24) is 10.2 Å². The second kappa shape index (κ2) is 2.97. The van der Waals surface area contributed by atoms with Gasteiger partial charge in [-0.25, -0.2) is 0 Å². The number of amides is 1. The van der Waals surface area contributed by atoms with E-state index < -0.39 is 0 Å². The minimum absolute atomic E-state index is 0.0530. The molecule has 3 nitrogen and oxygen atoms in total. The Kier molecular flexibility index (Phi) is 2.16. The lowest BCUT2D eigenvalue weighted by Gasteiger charge is -2.19. The van der Waals surface area contributed by atoms with Crippen molar-refractivity contribution in [3.05, 3.63) is 0 Å². The van der Waals surface area contributed by atoms with E-state index in [0.29, 0.717) is 11.9 Å². The summed E-state index contributed by atoms with van der Waals surface area (Å²) in [5, 5.41) is 3.09. The molecule has 1 aliphatic heterocycles. The van der Waals surface area contributed by atoms with Gasteiger partial charge >= 0.3 is 0 Å². The molecule has 15 heavy (non-hydrogen) atoms. The fourth-order valence-corrected chi connectivity index (χ4v) is 3.17. The minimum atomic E-state index is 0.0530. The third-order valence-corrected chi connectivity index (χ3v) is 4.84. The van der Waals surface area contributed by atoms with Crippen LogP contribution in [0.2, 0.25) is 0 Å². The van der Waals surface area contributed by atoms with Crippen LogP contribution in [0.4, 0.5) is 0 Å². The minimum Gasteiger partial charge on any atom is -0.337 e. The summed E-state index contributed by atoms with van der Waals surface area (Å²) >= 11 is 0. The summed E-state index contributed by atoms with van der Waals surface area (Å²) < 4.78 is 0. The highest BCUT2D eigenvalue weighted by molar-refractivity contribution is 5.85. The summed E-state index contributed by atoms with van der Waals surface area (Å²) in [6.07, 6.45) is 0.956. The van der Waals surface area contributed by atoms with Crippen molar-refractivity contribution in [1.29, 1.82) is 0 Å². The number of nitrogens with one attached hydrogen (secondary N) is 1. The Morgan fingerprint density at radius 2 is 1.80 bits per heavy atom. The van der Waals surface area contributed by atoms with Gasteiger partial charge in [-0.05, 0) is 24.3 Å². The molecule has 1 atom stereocenters. The van der Waals surface area contributed by atoms with Crippen molar-refractivity contribution in [2.24, 2.45) is 10.8 Å². The smallest absolute Gasteiger partial charge is 0.240 e. The normalized spacial score (nSPS) is 33.5. The van der Waals surface area contributed by atoms with Crippen LogP contribution in [0.5, 0.6) is 0 Å². The van der Waals surface area contributed by atoms with E-state index in [4.69, 9.17) is 0 Å². The number of carbonyl (C=O) groups is 1. The second-order valence-corrected chi connectivity index (χ2v) is 6.01. The zero-order chi connectivity index (χ0) is 11.4. The lowest BCUT2D eigenvalue weighted by Crippen LogP contribution is -2.39. The average molecular weight is 210 g/mol. The SMILES string of the molecule is CNC1CCN(C2C(C)(C)C2(C)C)C1=O. The lowest BCUT2D eigenvalue weighted by molar-refractivity contribution is -0.130. The first-order valence-corrected chi connectivity index (χ1v) is 5.82. The highest BCUT2D eigenvalue weighted by Gasteiger charge is 2.68. The Bertz CT molecular complexity index is 282. The van der Waals surface area contributed by atoms with Crippen LogP contribution in [-0.4, -0.2) is 36.5 Å². The number of likely N-dealkylation sites (N-methyl/N-ethyl adjacent to an activating group) is 1. The van der Waals surface area contributed by atoms with Gasteiger partial charge in [-0.1, -0.05) is 27.7 Å². The number of hydrogen-bond donors (Lipinski definition) is 1. The number of rotatable bonds is 2. The predicted octanol–water partition coefficient (Wildman–Crippen LogP) is 1.24. The summed E-state index contributed by atoms with van der Waals surface area (Å²) in [5.41, 5.74) is 0.538. The summed E-state index contributed by atoms with van der Waals surface area (Å²) in [6, 6.07) is 0.480. The molecule has 0 aromatic heterocycles. The van der Waals surface area contributed by atoms with Crippen LogP contribution < -0.4 is 5.32 Å². The molecule has 1 heterocycles. The Morgan fingerprint density at radius 1 is 1.27 bits per heavy atom. The molecule has 0 bridgehead atoms. The van der Waals surface area contributed by atoms with Gasteiger partial charge in [0.1, 0.15) is 0 Å². The molecule has 1 N–H and O–H groups in total. The molecule has 1 aliphatic carbocycles. The Hall–Kier alpha value is -0.570. The van der Waals surface area contributed by atoms with Crippen LogP contribution in [-0.2, 0) is 4.79 Å². The van der Waals surface area contributed by atoms with Crippen LogP contribution in [0.25, 0.3) is 0 Å². The zero-order valence-corrected chi connectivity index (χ0v) is 10.4. The molecule has 86 valence electrons. The van der Waals surface area contributed by atoms with Crippen molar-refractivity contribution < 1.29 is 4.79 Å². The van der Waals surface area contributed by atoms with Crippen LogP contribution in [0.3, 0.4) is 0 Å². The lowest BCUT2D eigenvalue weighted by atomic mass is 10.0. The molecule has 1 amide bonds. The maximum atomic E-state index is 12.1. The van der Waals surface area contributed by atoms with Gasteiger partial charge in [-0.3, -0.25) is 4.79 Å². The largest absolute Gasteiger partial charge is 0.337 e. The highest BCUT2D eigenvalue weighted by Crippen LogP contribution is 2.65. The van der Waals surface area contributed by atoms with E-state index in [1.807, 2.05) is 7.05 Å². The first-order chi connectivity index (χ1) is 6.84. The van der Waals surface area contributed by atoms with Crippen molar-refractivity contribution in [3.8, 4) is 0 Å². The Balaban J connectivity index is 2.13. The van der Waals surface area contributed by atoms with Gasteiger partial charge in [0.15, 0.2) is 0 Å². The first-order valence-electron chi connectivity index (χ1n) is 5.82. The van der Waals surface area contributed by atoms with E-state index in [1.54, 1.807) is 0 Å². The summed E-state index contributed by atoms with van der Waals surface area (Å²) in [4.78, 5) is 14.1. The number of carbonyl (C=O) groups excluding carboxylic acids is 1. The van der Waals surface area contributed by atoms with Crippen molar-refractivity contribution in [3.63, 3.8) is 0 Å². The van der Waals surface area contributed by atoms with E-state index in [9.17, 15) is 4.79 Å². The first kappa shape index (κ1) is 10.9. The molecule has 2 aliphatic rings. The van der Waals surface area contributed by atoms with Gasteiger partial charge in [0.05, 0.1) is 6.04 Å². The zero-order valence-electron chi connectivity index (χ0n) is 10.4. The molecule has 0 aromatic rings. The molecule has 1 unspecified atom stereocenters. The fraction of sp³-hybridized carbons (Fsp3) is 0.917. The van der Waals surface area contributed by atoms with Gasteiger partial charge in [-0.2, -0.15) is 0 Å². The number of nitrogens with zero attached hydrogens (tertiary/aromatic N) is 1. The molecular weight excluding hydrogens is 188 g/mol. The molecule has 3 heteroatoms. The highest BCUT2D eigenvalue weighted by atomic mass is 16.2. The maximum Gasteiger partial charge on any atom is 0.240 e. The molecule has 0 radical (unpaired) electrons. The van der Waals surface area contributed by atoms with Crippen molar-refractivity contribution in [2.75, 3.05) is 13.6 Å². The standard InChI is InChI=1S/C12H22N2O/c1-11(2)10(12(11,3)4)14-7-6-8(13-5)9(14)15/h8,10,13H,6-7H2,1-5H3. The predicted molar refractivity (Wildman–Crippen MR) is 60.5 cm³/mol. The summed E-state index contributed by atoms with van der Waals surface area (Å²) in [7, 11) is 1.87. The van der Waals surface area contributed by atoms with Crippen LogP contribution in [0.15, 0.2) is 0 Å². The molecule has 1 saturated carbocycles. The topological polar surface area (TPSA) is 32.3 Å². The molecule has 1 saturated heterocycles. The Labute approximate surface area is 92.2 Å². The van der Waals surface area contributed by atoms with Gasteiger partial charge in [0.2, 0.25) is 5.91 Å². The average Bonchev–Trinajstić information content (AvgIpc) is 2.45. The van der Waals surface area contributed by atoms with Gasteiger partial charge in [-0.15, -0.1) is 0 Å². The third-order valence-electron chi connectivity index (χ3n) is 4.84. The summed E-state index contributed by atoms with van der Waals surface area (Å²) in [5.74, 6) is 0.293. The number of hydrogen-bond acceptors (Lipinski definition) is 2. The van der Waals surface area contributed by atoms with E-state index in [0.717, 1.165) is 13.0 Å². The van der Waals surface area contributed by atoms with Gasteiger partial charge < -0.3 is 10.2 Å². The van der Waals surface area contributed by atoms with Crippen LogP contribution >= 0.6 is 0 Å². The van der Waals surface area contributed by atoms with E-state index in [-0.39, 0.29) is 16.9 Å². The molecule has 0 spiro atoms. The Morgan fingerprint density at radius 3 is 2.13 bits per heavy atom. The molecular formula is C12H22N2O. The molecule has 2 fully saturated rings. The molecule has 0 aromatic carbocycles. The number of likely N-dealkylation sites (tertiary alicyclic amines) is 1. The van der Waals surface area contributed by atoms with Gasteiger partial charge in [0.25, 0.3) is 0 Å². The van der Waals surface area contributed by atoms with E-state index >= 15 is 0 Å². The molecule has 2 rings (SSSR count). The summed E-state index contributed by atoms with van der Waals surface area (Å²) in [6.45, 7) is 9.96. The van der Waals surface area contributed by atoms with E-state index in [1.165, 1.54) is 0 Å². The second-order valence-electron chi connectivity index (χ2n) is 6.01. The third kappa shape index (κ3) is 1.25. The monoisotopic (exact) mass is 210 g/mol.